The molecule has 0 radical (unpaired) electrons. The first kappa shape index (κ1) is 18.9. The van der Waals surface area contributed by atoms with Crippen molar-refractivity contribution >= 4 is 28.4 Å². The number of aliphatic hydroxyl groups is 1. The van der Waals surface area contributed by atoms with Crippen molar-refractivity contribution < 1.29 is 19.0 Å². The van der Waals surface area contributed by atoms with Crippen molar-refractivity contribution in [3.05, 3.63) is 64.4 Å². The molecule has 148 valence electrons. The number of nitrogens with one attached hydrogen (secondary N) is 1. The smallest absolute Gasteiger partial charge is 0.142 e. The number of benzene rings is 2. The second-order valence-corrected chi connectivity index (χ2v) is 7.20. The fraction of sp³-hybridized carbons (Fsp3) is 0.143. The van der Waals surface area contributed by atoms with Crippen molar-refractivity contribution in [2.75, 3.05) is 25.7 Å². The van der Waals surface area contributed by atoms with Crippen molar-refractivity contribution in [3.63, 3.8) is 0 Å². The van der Waals surface area contributed by atoms with Gasteiger partial charge in [0.25, 0.3) is 0 Å². The quantitative estimate of drug-likeness (QED) is 0.634. The number of ether oxygens (including phenoxy) is 2. The van der Waals surface area contributed by atoms with Crippen LogP contribution in [0, 0.1) is 11.2 Å². The van der Waals surface area contributed by atoms with E-state index in [-0.39, 0.29) is 24.0 Å². The van der Waals surface area contributed by atoms with E-state index in [1.807, 2.05) is 5.38 Å². The van der Waals surface area contributed by atoms with Crippen LogP contribution in [0.4, 0.5) is 10.1 Å². The first-order chi connectivity index (χ1) is 14.0. The predicted molar refractivity (Wildman–Crippen MR) is 112 cm³/mol. The molecule has 0 fully saturated rings. The van der Waals surface area contributed by atoms with Gasteiger partial charge in [0.05, 0.1) is 37.7 Å². The van der Waals surface area contributed by atoms with Gasteiger partial charge in [-0.25, -0.2) is 9.37 Å². The summed E-state index contributed by atoms with van der Waals surface area (Å²) >= 11 is 1.32. The summed E-state index contributed by atoms with van der Waals surface area (Å²) in [5.41, 5.74) is 2.42. The molecule has 4 rings (SSSR count). The van der Waals surface area contributed by atoms with Crippen LogP contribution < -0.4 is 14.4 Å². The molecule has 1 aliphatic heterocycles. The molecule has 0 saturated carbocycles. The average molecular weight is 411 g/mol. The van der Waals surface area contributed by atoms with Gasteiger partial charge in [-0.1, -0.05) is 0 Å². The second kappa shape index (κ2) is 7.56. The molecule has 0 spiro atoms. The van der Waals surface area contributed by atoms with Crippen LogP contribution in [-0.2, 0) is 0 Å². The van der Waals surface area contributed by atoms with Gasteiger partial charge in [-0.3, -0.25) is 5.41 Å². The molecule has 1 aromatic heterocycles. The molecule has 6 nitrogen and oxygen atoms in total. The van der Waals surface area contributed by atoms with E-state index in [0.717, 1.165) is 5.56 Å². The maximum Gasteiger partial charge on any atom is 0.142 e. The average Bonchev–Trinajstić information content (AvgIpc) is 3.32. The number of aliphatic hydroxyl groups excluding tert-OH is 1. The van der Waals surface area contributed by atoms with Crippen molar-refractivity contribution in [3.8, 4) is 22.8 Å². The zero-order valence-electron chi connectivity index (χ0n) is 15.8. The molecule has 2 N–H and O–H groups in total. The van der Waals surface area contributed by atoms with Gasteiger partial charge in [-0.15, -0.1) is 11.3 Å². The molecule has 0 saturated heterocycles. The zero-order chi connectivity index (χ0) is 20.5. The van der Waals surface area contributed by atoms with Crippen LogP contribution in [0.3, 0.4) is 0 Å². The highest BCUT2D eigenvalue weighted by Crippen LogP contribution is 2.39. The Hall–Kier alpha value is -3.39. The molecule has 2 heterocycles. The van der Waals surface area contributed by atoms with Crippen LogP contribution in [0.1, 0.15) is 5.01 Å². The van der Waals surface area contributed by atoms with Gasteiger partial charge in [0.2, 0.25) is 0 Å². The Balaban J connectivity index is 1.66. The Kier molecular flexibility index (Phi) is 4.94. The number of hydrogen-bond acceptors (Lipinski definition) is 6. The van der Waals surface area contributed by atoms with Gasteiger partial charge in [0, 0.05) is 17.0 Å². The molecule has 0 unspecified atom stereocenters. The van der Waals surface area contributed by atoms with E-state index in [2.05, 4.69) is 4.98 Å². The Labute approximate surface area is 171 Å². The minimum absolute atomic E-state index is 0.0554. The summed E-state index contributed by atoms with van der Waals surface area (Å²) in [6, 6.07) is 11.3. The first-order valence-electron chi connectivity index (χ1n) is 8.74. The lowest BCUT2D eigenvalue weighted by Crippen LogP contribution is -2.26. The van der Waals surface area contributed by atoms with Crippen molar-refractivity contribution in [1.82, 2.24) is 4.98 Å². The van der Waals surface area contributed by atoms with Gasteiger partial charge in [0.1, 0.15) is 33.9 Å². The number of aromatic nitrogens is 1. The Bertz CT molecular complexity index is 1110. The second-order valence-electron chi connectivity index (χ2n) is 6.34. The van der Waals surface area contributed by atoms with Gasteiger partial charge < -0.3 is 19.5 Å². The van der Waals surface area contributed by atoms with Crippen molar-refractivity contribution in [2.24, 2.45) is 0 Å². The zero-order valence-corrected chi connectivity index (χ0v) is 16.6. The minimum Gasteiger partial charge on any atom is -0.510 e. The summed E-state index contributed by atoms with van der Waals surface area (Å²) in [5.74, 6) is 1.05. The lowest BCUT2D eigenvalue weighted by atomic mass is 10.2. The number of amidine groups is 1. The van der Waals surface area contributed by atoms with Crippen LogP contribution >= 0.6 is 11.3 Å². The topological polar surface area (TPSA) is 78.7 Å². The van der Waals surface area contributed by atoms with E-state index in [4.69, 9.17) is 14.9 Å². The lowest BCUT2D eigenvalue weighted by Gasteiger charge is -2.21. The summed E-state index contributed by atoms with van der Waals surface area (Å²) in [4.78, 5) is 6.20. The SMILES string of the molecule is COc1ccc(OC)c(N2CC(O)=C(c3nc(-c4ccc(F)cc4)cs3)C2=N)c1. The molecule has 3 aromatic rings. The van der Waals surface area contributed by atoms with Crippen molar-refractivity contribution in [2.45, 2.75) is 0 Å². The predicted octanol–water partition coefficient (Wildman–Crippen LogP) is 4.73. The van der Waals surface area contributed by atoms with Crippen molar-refractivity contribution in [1.29, 1.82) is 5.41 Å². The maximum absolute atomic E-state index is 13.2. The van der Waals surface area contributed by atoms with Gasteiger partial charge in [-0.05, 0) is 36.4 Å². The standard InChI is InChI=1S/C21H18FN3O3S/c1-27-14-7-8-18(28-2)16(9-14)25-10-17(26)19(20(25)23)21-24-15(11-29-21)12-3-5-13(22)6-4-12/h3-9,11,23,26H,10H2,1-2H3. The molecule has 1 aliphatic rings. The number of nitrogens with zero attached hydrogens (tertiary/aromatic N) is 2. The summed E-state index contributed by atoms with van der Waals surface area (Å²) in [6.07, 6.45) is 0. The van der Waals surface area contributed by atoms with Gasteiger partial charge in [0.15, 0.2) is 0 Å². The highest BCUT2D eigenvalue weighted by atomic mass is 32.1. The van der Waals surface area contributed by atoms with Crippen LogP contribution in [0.15, 0.2) is 53.6 Å². The van der Waals surface area contributed by atoms with E-state index in [1.165, 1.54) is 23.5 Å². The molecule has 2 aromatic carbocycles. The normalized spacial score (nSPS) is 13.9. The molecule has 0 bridgehead atoms. The third-order valence-electron chi connectivity index (χ3n) is 4.64. The van der Waals surface area contributed by atoms with E-state index < -0.39 is 0 Å². The Morgan fingerprint density at radius 1 is 1.14 bits per heavy atom. The molecule has 0 aliphatic carbocycles. The molecule has 0 amide bonds. The van der Waals surface area contributed by atoms with E-state index in [9.17, 15) is 9.50 Å². The largest absolute Gasteiger partial charge is 0.510 e. The minimum atomic E-state index is -0.315. The Morgan fingerprint density at radius 3 is 2.59 bits per heavy atom. The van der Waals surface area contributed by atoms with E-state index in [0.29, 0.717) is 33.5 Å². The van der Waals surface area contributed by atoms with Crippen LogP contribution in [0.5, 0.6) is 11.5 Å². The van der Waals surface area contributed by atoms with E-state index >= 15 is 0 Å². The summed E-state index contributed by atoms with van der Waals surface area (Å²) in [7, 11) is 3.11. The fourth-order valence-electron chi connectivity index (χ4n) is 3.16. The third-order valence-corrected chi connectivity index (χ3v) is 5.50. The summed E-state index contributed by atoms with van der Waals surface area (Å²) in [6.45, 7) is 0.128. The molecular weight excluding hydrogens is 393 g/mol. The number of anilines is 1. The number of thiazole rings is 1. The van der Waals surface area contributed by atoms with Gasteiger partial charge in [-0.2, -0.15) is 0 Å². The van der Waals surface area contributed by atoms with Crippen LogP contribution in [-0.4, -0.2) is 36.7 Å². The maximum atomic E-state index is 13.2. The summed E-state index contributed by atoms with van der Waals surface area (Å²) in [5, 5.41) is 21.6. The first-order valence-corrected chi connectivity index (χ1v) is 9.62. The van der Waals surface area contributed by atoms with Gasteiger partial charge >= 0.3 is 0 Å². The molecule has 8 heteroatoms. The highest BCUT2D eigenvalue weighted by Gasteiger charge is 2.33. The van der Waals surface area contributed by atoms with E-state index in [1.54, 1.807) is 49.5 Å². The third kappa shape index (κ3) is 3.42. The highest BCUT2D eigenvalue weighted by molar-refractivity contribution is 7.11. The lowest BCUT2D eigenvalue weighted by molar-refractivity contribution is 0.400. The van der Waals surface area contributed by atoms with Crippen LogP contribution in [0.2, 0.25) is 0 Å². The number of rotatable bonds is 5. The Morgan fingerprint density at radius 2 is 1.90 bits per heavy atom. The molecule has 29 heavy (non-hydrogen) atoms. The number of halogens is 1. The molecule has 0 atom stereocenters. The number of methoxy groups -OCH3 is 2. The fourth-order valence-corrected chi connectivity index (χ4v) is 4.05. The van der Waals surface area contributed by atoms with Crippen LogP contribution in [0.25, 0.3) is 16.8 Å². The summed E-state index contributed by atoms with van der Waals surface area (Å²) < 4.78 is 23.9. The number of hydrogen-bond donors (Lipinski definition) is 2. The monoisotopic (exact) mass is 411 g/mol. The molecular formula is C21H18FN3O3S.